The van der Waals surface area contributed by atoms with Gasteiger partial charge in [0.05, 0.1) is 5.69 Å². The third-order valence-corrected chi connectivity index (χ3v) is 3.28. The van der Waals surface area contributed by atoms with E-state index in [-0.39, 0.29) is 12.2 Å². The predicted octanol–water partition coefficient (Wildman–Crippen LogP) is 3.41. The molecule has 0 aliphatic carbocycles. The Balaban J connectivity index is 2.22. The van der Waals surface area contributed by atoms with Gasteiger partial charge in [-0.1, -0.05) is 18.2 Å². The Morgan fingerprint density at radius 2 is 1.88 bits per heavy atom. The molecule has 0 aliphatic heterocycles. The molecule has 0 saturated carbocycles. The second-order valence-corrected chi connectivity index (χ2v) is 6.74. The number of nitrogens with one attached hydrogen (secondary N) is 1. The molecule has 25 heavy (non-hydrogen) atoms. The fourth-order valence-electron chi connectivity index (χ4n) is 2.29. The number of Topliss-reactive ketones (excluding diaryl/α,β-unsaturated/α-hetero) is 1. The summed E-state index contributed by atoms with van der Waals surface area (Å²) >= 11 is 0. The zero-order chi connectivity index (χ0) is 18.6. The van der Waals surface area contributed by atoms with Crippen molar-refractivity contribution in [3.05, 3.63) is 41.6 Å². The lowest BCUT2D eigenvalue weighted by Crippen LogP contribution is -2.25. The summed E-state index contributed by atoms with van der Waals surface area (Å²) in [5, 5.41) is 2.91. The Labute approximate surface area is 147 Å². The van der Waals surface area contributed by atoms with Crippen LogP contribution in [-0.2, 0) is 9.53 Å². The number of ether oxygens (including phenoxy) is 1. The third kappa shape index (κ3) is 5.38. The van der Waals surface area contributed by atoms with Gasteiger partial charge < -0.3 is 10.1 Å². The molecule has 0 unspecified atom stereocenters. The van der Waals surface area contributed by atoms with E-state index in [1.54, 1.807) is 46.0 Å². The number of hydrogen-bond acceptors (Lipinski definition) is 6. The summed E-state index contributed by atoms with van der Waals surface area (Å²) in [7, 11) is 1.75. The van der Waals surface area contributed by atoms with Crippen molar-refractivity contribution in [3.8, 4) is 11.3 Å². The predicted molar refractivity (Wildman–Crippen MR) is 96.5 cm³/mol. The minimum absolute atomic E-state index is 0.282. The highest BCUT2D eigenvalue weighted by molar-refractivity contribution is 6.06. The maximum Gasteiger partial charge on any atom is 0.314 e. The molecule has 1 aromatic heterocycles. The lowest BCUT2D eigenvalue weighted by molar-refractivity contribution is -0.153. The maximum absolute atomic E-state index is 12.4. The molecule has 1 aromatic carbocycles. The van der Waals surface area contributed by atoms with Crippen LogP contribution in [-0.4, -0.2) is 34.4 Å². The molecule has 6 heteroatoms. The number of rotatable bonds is 5. The number of esters is 1. The van der Waals surface area contributed by atoms with Crippen LogP contribution in [0.25, 0.3) is 11.3 Å². The van der Waals surface area contributed by atoms with Crippen LogP contribution in [0.1, 0.15) is 43.2 Å². The first-order valence-electron chi connectivity index (χ1n) is 8.07. The van der Waals surface area contributed by atoms with Gasteiger partial charge in [-0.25, -0.2) is 9.97 Å². The molecule has 0 amide bonds. The largest absolute Gasteiger partial charge is 0.460 e. The number of benzene rings is 1. The summed E-state index contributed by atoms with van der Waals surface area (Å²) in [5.74, 6) is -0.297. The van der Waals surface area contributed by atoms with Gasteiger partial charge in [-0.05, 0) is 39.8 Å². The van der Waals surface area contributed by atoms with Crippen molar-refractivity contribution in [2.24, 2.45) is 0 Å². The van der Waals surface area contributed by atoms with E-state index in [1.807, 2.05) is 19.1 Å². The van der Waals surface area contributed by atoms with Crippen molar-refractivity contribution in [2.45, 2.75) is 39.7 Å². The summed E-state index contributed by atoms with van der Waals surface area (Å²) in [5.41, 5.74) is 2.16. The number of nitrogens with zero attached hydrogens (tertiary/aromatic N) is 2. The van der Waals surface area contributed by atoms with Gasteiger partial charge in [0.1, 0.15) is 12.0 Å². The van der Waals surface area contributed by atoms with Gasteiger partial charge in [-0.3, -0.25) is 9.59 Å². The van der Waals surface area contributed by atoms with Crippen LogP contribution in [0.4, 0.5) is 5.95 Å². The Bertz CT molecular complexity index is 795. The molecular weight excluding hydrogens is 318 g/mol. The van der Waals surface area contributed by atoms with Gasteiger partial charge in [0.2, 0.25) is 5.95 Å². The lowest BCUT2D eigenvalue weighted by Gasteiger charge is -2.19. The standard InChI is InChI=1S/C19H23N3O3/c1-12-9-15(22-18(20-5)21-12)13-7-6-8-14(10-13)16(23)11-17(24)25-19(2,3)4/h6-10H,11H2,1-5H3,(H,20,21,22). The molecule has 2 aromatic rings. The summed E-state index contributed by atoms with van der Waals surface area (Å²) in [4.78, 5) is 32.9. The minimum atomic E-state index is -0.610. The van der Waals surface area contributed by atoms with E-state index in [2.05, 4.69) is 15.3 Å². The number of aryl methyl sites for hydroxylation is 1. The SMILES string of the molecule is CNc1nc(C)cc(-c2cccc(C(=O)CC(=O)OC(C)(C)C)c2)n1. The number of aromatic nitrogens is 2. The van der Waals surface area contributed by atoms with E-state index in [4.69, 9.17) is 4.74 Å². The van der Waals surface area contributed by atoms with E-state index in [0.29, 0.717) is 17.2 Å². The first-order chi connectivity index (χ1) is 11.7. The van der Waals surface area contributed by atoms with Gasteiger partial charge in [0.15, 0.2) is 5.78 Å². The zero-order valence-electron chi connectivity index (χ0n) is 15.2. The second kappa shape index (κ2) is 7.42. The fourth-order valence-corrected chi connectivity index (χ4v) is 2.29. The van der Waals surface area contributed by atoms with Crippen molar-refractivity contribution in [2.75, 3.05) is 12.4 Å². The number of carbonyl (C=O) groups excluding carboxylic acids is 2. The molecule has 0 radical (unpaired) electrons. The molecule has 0 bridgehead atoms. The molecule has 0 spiro atoms. The lowest BCUT2D eigenvalue weighted by atomic mass is 10.0. The summed E-state index contributed by atoms with van der Waals surface area (Å²) < 4.78 is 5.20. The molecule has 132 valence electrons. The second-order valence-electron chi connectivity index (χ2n) is 6.74. The average Bonchev–Trinajstić information content (AvgIpc) is 2.52. The Kier molecular flexibility index (Phi) is 5.51. The van der Waals surface area contributed by atoms with Gasteiger partial charge in [-0.2, -0.15) is 0 Å². The van der Waals surface area contributed by atoms with Crippen LogP contribution in [0, 0.1) is 6.92 Å². The van der Waals surface area contributed by atoms with Crippen molar-refractivity contribution >= 4 is 17.7 Å². The highest BCUT2D eigenvalue weighted by Crippen LogP contribution is 2.21. The highest BCUT2D eigenvalue weighted by Gasteiger charge is 2.20. The van der Waals surface area contributed by atoms with Gasteiger partial charge in [-0.15, -0.1) is 0 Å². The van der Waals surface area contributed by atoms with E-state index in [9.17, 15) is 9.59 Å². The number of anilines is 1. The highest BCUT2D eigenvalue weighted by atomic mass is 16.6. The Morgan fingerprint density at radius 3 is 2.52 bits per heavy atom. The number of carbonyl (C=O) groups is 2. The molecule has 0 aliphatic rings. The summed E-state index contributed by atoms with van der Waals surface area (Å²) in [6.07, 6.45) is -0.286. The first kappa shape index (κ1) is 18.6. The minimum Gasteiger partial charge on any atom is -0.460 e. The van der Waals surface area contributed by atoms with Crippen LogP contribution < -0.4 is 5.32 Å². The summed E-state index contributed by atoms with van der Waals surface area (Å²) in [6, 6.07) is 8.90. The molecule has 2 rings (SSSR count). The fraction of sp³-hybridized carbons (Fsp3) is 0.368. The quantitative estimate of drug-likeness (QED) is 0.510. The van der Waals surface area contributed by atoms with Gasteiger partial charge in [0.25, 0.3) is 0 Å². The topological polar surface area (TPSA) is 81.2 Å². The van der Waals surface area contributed by atoms with Gasteiger partial charge in [0, 0.05) is 23.9 Å². The molecule has 1 heterocycles. The zero-order valence-corrected chi connectivity index (χ0v) is 15.2. The van der Waals surface area contributed by atoms with Crippen LogP contribution in [0.2, 0.25) is 0 Å². The van der Waals surface area contributed by atoms with Crippen LogP contribution >= 0.6 is 0 Å². The van der Waals surface area contributed by atoms with Crippen LogP contribution in [0.5, 0.6) is 0 Å². The van der Waals surface area contributed by atoms with Gasteiger partial charge >= 0.3 is 5.97 Å². The average molecular weight is 341 g/mol. The normalized spacial score (nSPS) is 11.1. The molecule has 6 nitrogen and oxygen atoms in total. The van der Waals surface area contributed by atoms with Crippen LogP contribution in [0.15, 0.2) is 30.3 Å². The monoisotopic (exact) mass is 341 g/mol. The Morgan fingerprint density at radius 1 is 1.16 bits per heavy atom. The molecule has 1 N–H and O–H groups in total. The van der Waals surface area contributed by atoms with E-state index in [0.717, 1.165) is 11.3 Å². The Hall–Kier alpha value is -2.76. The maximum atomic E-state index is 12.4. The van der Waals surface area contributed by atoms with Crippen molar-refractivity contribution in [1.29, 1.82) is 0 Å². The van der Waals surface area contributed by atoms with Crippen LogP contribution in [0.3, 0.4) is 0 Å². The molecule has 0 atom stereocenters. The van der Waals surface area contributed by atoms with E-state index < -0.39 is 11.6 Å². The molecule has 0 fully saturated rings. The molecule has 0 saturated heterocycles. The number of hydrogen-bond donors (Lipinski definition) is 1. The smallest absolute Gasteiger partial charge is 0.314 e. The summed E-state index contributed by atoms with van der Waals surface area (Å²) in [6.45, 7) is 7.19. The van der Waals surface area contributed by atoms with E-state index in [1.165, 1.54) is 0 Å². The number of ketones is 1. The van der Waals surface area contributed by atoms with Crippen molar-refractivity contribution in [3.63, 3.8) is 0 Å². The van der Waals surface area contributed by atoms with E-state index >= 15 is 0 Å². The first-order valence-corrected chi connectivity index (χ1v) is 8.07. The van der Waals surface area contributed by atoms with Crippen molar-refractivity contribution < 1.29 is 14.3 Å². The molecular formula is C19H23N3O3. The third-order valence-electron chi connectivity index (χ3n) is 3.28. The van der Waals surface area contributed by atoms with Crippen molar-refractivity contribution in [1.82, 2.24) is 9.97 Å².